The molecule has 0 fully saturated rings. The van der Waals surface area contributed by atoms with Crippen molar-refractivity contribution in [1.29, 1.82) is 0 Å². The molecule has 2 N–H and O–H groups in total. The van der Waals surface area contributed by atoms with E-state index < -0.39 is 0 Å². The van der Waals surface area contributed by atoms with Crippen molar-refractivity contribution >= 4 is 50.5 Å². The Balaban J connectivity index is 2.16. The standard InChI is InChI=1S/C12H10BrCl2NS/c13-8-3-11(17-6-8)5-12(16)7-1-9(14)4-10(15)2-7/h1-4,6,12H,5,16H2. The van der Waals surface area contributed by atoms with Gasteiger partial charge in [-0.15, -0.1) is 11.3 Å². The minimum absolute atomic E-state index is 0.0863. The van der Waals surface area contributed by atoms with Gasteiger partial charge in [0, 0.05) is 37.2 Å². The van der Waals surface area contributed by atoms with E-state index in [1.54, 1.807) is 17.4 Å². The van der Waals surface area contributed by atoms with Gasteiger partial charge in [0.15, 0.2) is 0 Å². The second-order valence-corrected chi connectivity index (χ2v) is 6.53. The predicted octanol–water partition coefficient (Wildman–Crippen LogP) is 5.06. The van der Waals surface area contributed by atoms with Crippen molar-refractivity contribution < 1.29 is 0 Å². The van der Waals surface area contributed by atoms with Crippen LogP contribution in [0, 0.1) is 0 Å². The third-order valence-electron chi connectivity index (χ3n) is 2.36. The average molecular weight is 351 g/mol. The van der Waals surface area contributed by atoms with Gasteiger partial charge < -0.3 is 5.73 Å². The van der Waals surface area contributed by atoms with Crippen LogP contribution < -0.4 is 5.73 Å². The lowest BCUT2D eigenvalue weighted by atomic mass is 10.0. The van der Waals surface area contributed by atoms with Gasteiger partial charge in [-0.1, -0.05) is 23.2 Å². The highest BCUT2D eigenvalue weighted by Gasteiger charge is 2.10. The quantitative estimate of drug-likeness (QED) is 0.822. The maximum Gasteiger partial charge on any atom is 0.0424 e. The van der Waals surface area contributed by atoms with Gasteiger partial charge in [0.1, 0.15) is 0 Å². The zero-order chi connectivity index (χ0) is 12.4. The van der Waals surface area contributed by atoms with Crippen molar-refractivity contribution in [3.8, 4) is 0 Å². The van der Waals surface area contributed by atoms with Crippen LogP contribution >= 0.6 is 50.5 Å². The molecule has 0 bridgehead atoms. The number of thiophene rings is 1. The van der Waals surface area contributed by atoms with E-state index in [2.05, 4.69) is 22.0 Å². The molecule has 1 nitrogen and oxygen atoms in total. The summed E-state index contributed by atoms with van der Waals surface area (Å²) < 4.78 is 1.09. The van der Waals surface area contributed by atoms with Crippen molar-refractivity contribution in [3.63, 3.8) is 0 Å². The highest BCUT2D eigenvalue weighted by molar-refractivity contribution is 9.10. The number of hydrogen-bond donors (Lipinski definition) is 1. The van der Waals surface area contributed by atoms with Crippen molar-refractivity contribution in [2.45, 2.75) is 12.5 Å². The van der Waals surface area contributed by atoms with Crippen molar-refractivity contribution in [1.82, 2.24) is 0 Å². The van der Waals surface area contributed by atoms with Gasteiger partial charge in [0.25, 0.3) is 0 Å². The molecule has 2 aromatic rings. The fourth-order valence-corrected chi connectivity index (χ4v) is 3.64. The molecule has 2 rings (SSSR count). The molecule has 0 radical (unpaired) electrons. The van der Waals surface area contributed by atoms with Crippen molar-refractivity contribution in [2.24, 2.45) is 5.73 Å². The first-order chi connectivity index (χ1) is 8.04. The topological polar surface area (TPSA) is 26.0 Å². The Bertz CT molecular complexity index is 507. The summed E-state index contributed by atoms with van der Waals surface area (Å²) in [6.45, 7) is 0. The molecule has 1 heterocycles. The van der Waals surface area contributed by atoms with Gasteiger partial charge in [0.2, 0.25) is 0 Å². The molecule has 0 aliphatic heterocycles. The Kier molecular flexibility index (Phi) is 4.50. The normalized spacial score (nSPS) is 12.7. The monoisotopic (exact) mass is 349 g/mol. The van der Waals surface area contributed by atoms with E-state index in [9.17, 15) is 0 Å². The Morgan fingerprint density at radius 1 is 1.18 bits per heavy atom. The minimum atomic E-state index is -0.0863. The molecule has 0 aliphatic rings. The molecule has 0 spiro atoms. The van der Waals surface area contributed by atoms with Crippen LogP contribution in [0.15, 0.2) is 34.1 Å². The first-order valence-electron chi connectivity index (χ1n) is 4.99. The summed E-state index contributed by atoms with van der Waals surface area (Å²) in [5, 5.41) is 3.29. The molecule has 1 unspecified atom stereocenters. The number of rotatable bonds is 3. The van der Waals surface area contributed by atoms with Crippen molar-refractivity contribution in [2.75, 3.05) is 0 Å². The summed E-state index contributed by atoms with van der Waals surface area (Å²) in [6, 6.07) is 7.43. The fraction of sp³-hybridized carbons (Fsp3) is 0.167. The number of benzene rings is 1. The SMILES string of the molecule is NC(Cc1cc(Br)cs1)c1cc(Cl)cc(Cl)c1. The number of halogens is 3. The molecular formula is C12H10BrCl2NS. The third kappa shape index (κ3) is 3.70. The van der Waals surface area contributed by atoms with Crippen LogP contribution in [0.3, 0.4) is 0 Å². The molecule has 0 saturated heterocycles. The molecule has 1 atom stereocenters. The van der Waals surface area contributed by atoms with Gasteiger partial charge >= 0.3 is 0 Å². The summed E-state index contributed by atoms with van der Waals surface area (Å²) in [5.41, 5.74) is 7.11. The number of hydrogen-bond acceptors (Lipinski definition) is 2. The smallest absolute Gasteiger partial charge is 0.0424 e. The fourth-order valence-electron chi connectivity index (χ4n) is 1.58. The lowest BCUT2D eigenvalue weighted by Crippen LogP contribution is -2.12. The zero-order valence-electron chi connectivity index (χ0n) is 8.79. The van der Waals surface area contributed by atoms with Crippen molar-refractivity contribution in [3.05, 3.63) is 54.6 Å². The van der Waals surface area contributed by atoms with E-state index in [1.807, 2.05) is 17.5 Å². The van der Waals surface area contributed by atoms with E-state index in [0.29, 0.717) is 10.0 Å². The first-order valence-corrected chi connectivity index (χ1v) is 7.42. The lowest BCUT2D eigenvalue weighted by molar-refractivity contribution is 0.730. The summed E-state index contributed by atoms with van der Waals surface area (Å²) in [5.74, 6) is 0. The molecule has 90 valence electrons. The Morgan fingerprint density at radius 3 is 2.35 bits per heavy atom. The van der Waals surface area contributed by atoms with Gasteiger partial charge in [-0.3, -0.25) is 0 Å². The zero-order valence-corrected chi connectivity index (χ0v) is 12.7. The van der Waals surface area contributed by atoms with E-state index in [1.165, 1.54) is 4.88 Å². The maximum atomic E-state index is 6.15. The molecule has 0 saturated carbocycles. The summed E-state index contributed by atoms with van der Waals surface area (Å²) >= 11 is 17.0. The molecule has 1 aromatic carbocycles. The molecule has 17 heavy (non-hydrogen) atoms. The van der Waals surface area contributed by atoms with Crippen LogP contribution in [-0.2, 0) is 6.42 Å². The van der Waals surface area contributed by atoms with Gasteiger partial charge in [-0.25, -0.2) is 0 Å². The maximum absolute atomic E-state index is 6.15. The number of nitrogens with two attached hydrogens (primary N) is 1. The van der Waals surface area contributed by atoms with Crippen LogP contribution in [0.25, 0.3) is 0 Å². The Labute approximate surface area is 123 Å². The van der Waals surface area contributed by atoms with E-state index in [-0.39, 0.29) is 6.04 Å². The highest BCUT2D eigenvalue weighted by Crippen LogP contribution is 2.27. The van der Waals surface area contributed by atoms with Crippen LogP contribution in [0.4, 0.5) is 0 Å². The lowest BCUT2D eigenvalue weighted by Gasteiger charge is -2.11. The molecule has 0 aliphatic carbocycles. The molecule has 5 heteroatoms. The second-order valence-electron chi connectivity index (χ2n) is 3.74. The second kappa shape index (κ2) is 5.72. The first kappa shape index (κ1) is 13.4. The van der Waals surface area contributed by atoms with Crippen LogP contribution in [0.1, 0.15) is 16.5 Å². The largest absolute Gasteiger partial charge is 0.324 e. The molecule has 1 aromatic heterocycles. The van der Waals surface area contributed by atoms with Gasteiger partial charge in [-0.05, 0) is 45.8 Å². The van der Waals surface area contributed by atoms with Crippen LogP contribution in [-0.4, -0.2) is 0 Å². The van der Waals surface area contributed by atoms with Crippen LogP contribution in [0.2, 0.25) is 10.0 Å². The highest BCUT2D eigenvalue weighted by atomic mass is 79.9. The van der Waals surface area contributed by atoms with Gasteiger partial charge in [-0.2, -0.15) is 0 Å². The Morgan fingerprint density at radius 2 is 1.82 bits per heavy atom. The summed E-state index contributed by atoms with van der Waals surface area (Å²) in [7, 11) is 0. The van der Waals surface area contributed by atoms with Crippen LogP contribution in [0.5, 0.6) is 0 Å². The third-order valence-corrected chi connectivity index (χ3v) is 4.51. The minimum Gasteiger partial charge on any atom is -0.324 e. The van der Waals surface area contributed by atoms with E-state index in [4.69, 9.17) is 28.9 Å². The van der Waals surface area contributed by atoms with E-state index in [0.717, 1.165) is 16.5 Å². The average Bonchev–Trinajstić information content (AvgIpc) is 2.62. The van der Waals surface area contributed by atoms with E-state index >= 15 is 0 Å². The summed E-state index contributed by atoms with van der Waals surface area (Å²) in [6.07, 6.45) is 0.785. The molecule has 0 amide bonds. The molecular weight excluding hydrogens is 341 g/mol. The van der Waals surface area contributed by atoms with Gasteiger partial charge in [0.05, 0.1) is 0 Å². The Hall–Kier alpha value is -0.0600. The summed E-state index contributed by atoms with van der Waals surface area (Å²) in [4.78, 5) is 1.24. The predicted molar refractivity (Wildman–Crippen MR) is 79.1 cm³/mol.